The number of nitrogens with one attached hydrogen (secondary N) is 1. The van der Waals surface area contributed by atoms with Crippen LogP contribution in [0.3, 0.4) is 0 Å². The zero-order valence-corrected chi connectivity index (χ0v) is 11.6. The lowest BCUT2D eigenvalue weighted by molar-refractivity contribution is 0.156. The molecule has 0 aromatic carbocycles. The first-order valence-corrected chi connectivity index (χ1v) is 7.13. The van der Waals surface area contributed by atoms with Crippen molar-refractivity contribution in [3.05, 3.63) is 10.6 Å². The normalized spacial score (nSPS) is 15.4. The van der Waals surface area contributed by atoms with Gasteiger partial charge in [-0.2, -0.15) is 0 Å². The zero-order chi connectivity index (χ0) is 13.1. The number of nitrogens with zero attached hydrogens (tertiary/aromatic N) is 2. The molecule has 1 heterocycles. The number of anilines is 1. The molecular formula is C12H19F2N3S. The monoisotopic (exact) mass is 275 g/mol. The first-order chi connectivity index (χ1) is 8.60. The van der Waals surface area contributed by atoms with Crippen LogP contribution in [-0.4, -0.2) is 31.0 Å². The molecule has 0 amide bonds. The van der Waals surface area contributed by atoms with Crippen LogP contribution >= 0.6 is 11.3 Å². The molecule has 1 saturated carbocycles. The van der Waals surface area contributed by atoms with Crippen molar-refractivity contribution < 1.29 is 8.78 Å². The lowest BCUT2D eigenvalue weighted by atomic mass is 10.3. The Morgan fingerprint density at radius 1 is 1.50 bits per heavy atom. The molecule has 0 radical (unpaired) electrons. The molecule has 0 atom stereocenters. The van der Waals surface area contributed by atoms with E-state index in [4.69, 9.17) is 0 Å². The maximum Gasteiger partial charge on any atom is 0.255 e. The SMILES string of the molecule is CCc1nc(N(C)CC(F)F)sc1CNC1CC1. The lowest BCUT2D eigenvalue weighted by Crippen LogP contribution is -2.23. The highest BCUT2D eigenvalue weighted by molar-refractivity contribution is 7.15. The van der Waals surface area contributed by atoms with Gasteiger partial charge in [-0.25, -0.2) is 13.8 Å². The Morgan fingerprint density at radius 3 is 2.78 bits per heavy atom. The summed E-state index contributed by atoms with van der Waals surface area (Å²) < 4.78 is 24.7. The van der Waals surface area contributed by atoms with Gasteiger partial charge in [0.1, 0.15) is 0 Å². The van der Waals surface area contributed by atoms with Crippen LogP contribution in [0, 0.1) is 0 Å². The largest absolute Gasteiger partial charge is 0.345 e. The summed E-state index contributed by atoms with van der Waals surface area (Å²) in [5.41, 5.74) is 1.03. The minimum absolute atomic E-state index is 0.258. The van der Waals surface area contributed by atoms with E-state index in [1.807, 2.05) is 6.92 Å². The van der Waals surface area contributed by atoms with E-state index in [1.54, 1.807) is 7.05 Å². The Labute approximate surface area is 110 Å². The highest BCUT2D eigenvalue weighted by Gasteiger charge is 2.22. The Kier molecular flexibility index (Phi) is 4.50. The van der Waals surface area contributed by atoms with E-state index in [1.165, 1.54) is 34.0 Å². The minimum Gasteiger partial charge on any atom is -0.345 e. The smallest absolute Gasteiger partial charge is 0.255 e. The van der Waals surface area contributed by atoms with Crippen molar-refractivity contribution in [3.63, 3.8) is 0 Å². The number of alkyl halides is 2. The van der Waals surface area contributed by atoms with Crippen LogP contribution in [0.4, 0.5) is 13.9 Å². The molecule has 1 aromatic heterocycles. The van der Waals surface area contributed by atoms with Crippen molar-refractivity contribution >= 4 is 16.5 Å². The third-order valence-corrected chi connectivity index (χ3v) is 4.18. The van der Waals surface area contributed by atoms with E-state index in [2.05, 4.69) is 10.3 Å². The van der Waals surface area contributed by atoms with Gasteiger partial charge in [-0.3, -0.25) is 0 Å². The number of hydrogen-bond donors (Lipinski definition) is 1. The summed E-state index contributed by atoms with van der Waals surface area (Å²) in [5.74, 6) is 0. The molecule has 1 aliphatic rings. The van der Waals surface area contributed by atoms with Gasteiger partial charge in [0, 0.05) is 24.5 Å². The minimum atomic E-state index is -2.32. The van der Waals surface area contributed by atoms with Crippen molar-refractivity contribution in [2.75, 3.05) is 18.5 Å². The molecule has 18 heavy (non-hydrogen) atoms. The summed E-state index contributed by atoms with van der Waals surface area (Å²) in [6.07, 6.45) is 1.02. The fourth-order valence-corrected chi connectivity index (χ4v) is 2.83. The predicted molar refractivity (Wildman–Crippen MR) is 70.6 cm³/mol. The van der Waals surface area contributed by atoms with Gasteiger partial charge in [0.15, 0.2) is 5.13 Å². The number of hydrogen-bond acceptors (Lipinski definition) is 4. The molecule has 0 bridgehead atoms. The Balaban J connectivity index is 2.01. The third-order valence-electron chi connectivity index (χ3n) is 2.97. The van der Waals surface area contributed by atoms with Gasteiger partial charge in [-0.05, 0) is 19.3 Å². The molecule has 0 spiro atoms. The molecule has 1 fully saturated rings. The van der Waals surface area contributed by atoms with Crippen LogP contribution in [-0.2, 0) is 13.0 Å². The van der Waals surface area contributed by atoms with Crippen molar-refractivity contribution in [3.8, 4) is 0 Å². The van der Waals surface area contributed by atoms with E-state index in [-0.39, 0.29) is 6.54 Å². The molecule has 1 aromatic rings. The number of aryl methyl sites for hydroxylation is 1. The Hall–Kier alpha value is -0.750. The van der Waals surface area contributed by atoms with Gasteiger partial charge in [0.25, 0.3) is 6.43 Å². The standard InChI is InChI=1S/C12H19F2N3S/c1-3-9-10(6-15-8-4-5-8)18-12(16-9)17(2)7-11(13)14/h8,11,15H,3-7H2,1-2H3. The lowest BCUT2D eigenvalue weighted by Gasteiger charge is -2.14. The van der Waals surface area contributed by atoms with Crippen molar-refractivity contribution in [1.82, 2.24) is 10.3 Å². The van der Waals surface area contributed by atoms with Gasteiger partial charge in [-0.15, -0.1) is 11.3 Å². The molecule has 6 heteroatoms. The van der Waals surface area contributed by atoms with Crippen LogP contribution in [0.2, 0.25) is 0 Å². The fraction of sp³-hybridized carbons (Fsp3) is 0.750. The van der Waals surface area contributed by atoms with Crippen LogP contribution < -0.4 is 10.2 Å². The van der Waals surface area contributed by atoms with Gasteiger partial charge in [0.05, 0.1) is 12.2 Å². The first kappa shape index (κ1) is 13.7. The van der Waals surface area contributed by atoms with Crippen molar-refractivity contribution in [1.29, 1.82) is 0 Å². The summed E-state index contributed by atoms with van der Waals surface area (Å²) in [7, 11) is 1.67. The van der Waals surface area contributed by atoms with E-state index >= 15 is 0 Å². The van der Waals surface area contributed by atoms with E-state index in [9.17, 15) is 8.78 Å². The Bertz CT molecular complexity index is 391. The van der Waals surface area contributed by atoms with Gasteiger partial charge in [-0.1, -0.05) is 6.92 Å². The van der Waals surface area contributed by atoms with Gasteiger partial charge < -0.3 is 10.2 Å². The van der Waals surface area contributed by atoms with Crippen LogP contribution in [0.5, 0.6) is 0 Å². The molecular weight excluding hydrogens is 256 g/mol. The molecule has 0 unspecified atom stereocenters. The fourth-order valence-electron chi connectivity index (χ4n) is 1.76. The molecule has 0 saturated heterocycles. The summed E-state index contributed by atoms with van der Waals surface area (Å²) in [4.78, 5) is 7.17. The van der Waals surface area contributed by atoms with Gasteiger partial charge in [0.2, 0.25) is 0 Å². The van der Waals surface area contributed by atoms with Crippen LogP contribution in [0.15, 0.2) is 0 Å². The maximum absolute atomic E-state index is 12.3. The Morgan fingerprint density at radius 2 is 2.22 bits per heavy atom. The molecule has 3 nitrogen and oxygen atoms in total. The highest BCUT2D eigenvalue weighted by Crippen LogP contribution is 2.28. The maximum atomic E-state index is 12.3. The van der Waals surface area contributed by atoms with E-state index in [0.717, 1.165) is 18.7 Å². The van der Waals surface area contributed by atoms with Crippen molar-refractivity contribution in [2.45, 2.75) is 45.2 Å². The second kappa shape index (κ2) is 5.93. The zero-order valence-electron chi connectivity index (χ0n) is 10.7. The van der Waals surface area contributed by atoms with Crippen LogP contribution in [0.1, 0.15) is 30.3 Å². The van der Waals surface area contributed by atoms with E-state index < -0.39 is 6.43 Å². The molecule has 102 valence electrons. The second-order valence-electron chi connectivity index (χ2n) is 4.65. The molecule has 1 N–H and O–H groups in total. The average molecular weight is 275 g/mol. The summed E-state index contributed by atoms with van der Waals surface area (Å²) >= 11 is 1.52. The molecule has 1 aliphatic carbocycles. The molecule has 0 aliphatic heterocycles. The number of halogens is 2. The number of aromatic nitrogens is 1. The topological polar surface area (TPSA) is 28.2 Å². The summed E-state index contributed by atoms with van der Waals surface area (Å²) in [6, 6.07) is 0.652. The summed E-state index contributed by atoms with van der Waals surface area (Å²) in [6.45, 7) is 2.60. The third kappa shape index (κ3) is 3.62. The quantitative estimate of drug-likeness (QED) is 0.829. The second-order valence-corrected chi connectivity index (χ2v) is 5.71. The number of rotatable bonds is 7. The van der Waals surface area contributed by atoms with E-state index in [0.29, 0.717) is 11.2 Å². The predicted octanol–water partition coefficient (Wildman–Crippen LogP) is 2.66. The van der Waals surface area contributed by atoms with Gasteiger partial charge >= 0.3 is 0 Å². The average Bonchev–Trinajstić information content (AvgIpc) is 3.04. The number of thiazole rings is 1. The van der Waals surface area contributed by atoms with Crippen LogP contribution in [0.25, 0.3) is 0 Å². The van der Waals surface area contributed by atoms with Crippen molar-refractivity contribution in [2.24, 2.45) is 0 Å². The first-order valence-electron chi connectivity index (χ1n) is 6.31. The molecule has 2 rings (SSSR count). The highest BCUT2D eigenvalue weighted by atomic mass is 32.1. The summed E-state index contributed by atoms with van der Waals surface area (Å²) in [5, 5.41) is 4.14.